The predicted molar refractivity (Wildman–Crippen MR) is 154 cm³/mol. The molecule has 5 rings (SSSR count). The summed E-state index contributed by atoms with van der Waals surface area (Å²) in [6.45, 7) is 4.57. The van der Waals surface area contributed by atoms with Crippen molar-refractivity contribution in [1.29, 1.82) is 0 Å². The minimum absolute atomic E-state index is 0.342. The van der Waals surface area contributed by atoms with Crippen molar-refractivity contribution in [3.63, 3.8) is 0 Å². The van der Waals surface area contributed by atoms with Crippen LogP contribution in [0, 0.1) is 0 Å². The zero-order valence-corrected chi connectivity index (χ0v) is 23.3. The number of carbonyl (C=O) groups is 1. The molecule has 1 unspecified atom stereocenters. The fourth-order valence-electron chi connectivity index (χ4n) is 4.28. The standard InChI is InChI=1S/C30H29ClN4O3S/c1-3-16-37-28(36)26-20(2)32-29-33-30(39-19-22-8-5-4-6-9-22)34-35(29)27(26)23-10-7-11-25(17-23)38-18-21-12-14-24(31)15-13-21/h4-15,17,27H,3,16,18-19H2,1-2H3,(H,32,33,34). The number of aromatic nitrogens is 3. The van der Waals surface area contributed by atoms with Gasteiger partial charge in [0.1, 0.15) is 18.4 Å². The summed E-state index contributed by atoms with van der Waals surface area (Å²) in [5.74, 6) is 1.62. The van der Waals surface area contributed by atoms with Crippen molar-refractivity contribution >= 4 is 35.3 Å². The second kappa shape index (κ2) is 12.4. The Labute approximate surface area is 237 Å². The molecule has 1 aromatic heterocycles. The van der Waals surface area contributed by atoms with Crippen LogP contribution in [0.3, 0.4) is 0 Å². The summed E-state index contributed by atoms with van der Waals surface area (Å²) in [5, 5.41) is 9.38. The van der Waals surface area contributed by atoms with Crippen LogP contribution in [0.15, 0.2) is 95.3 Å². The summed E-state index contributed by atoms with van der Waals surface area (Å²) in [6, 6.07) is 24.9. The zero-order valence-electron chi connectivity index (χ0n) is 21.8. The van der Waals surface area contributed by atoms with E-state index in [1.54, 1.807) is 16.4 Å². The predicted octanol–water partition coefficient (Wildman–Crippen LogP) is 7.04. The molecular formula is C30H29ClN4O3S. The van der Waals surface area contributed by atoms with Crippen molar-refractivity contribution in [2.45, 2.75) is 43.8 Å². The van der Waals surface area contributed by atoms with Gasteiger partial charge in [-0.15, -0.1) is 5.10 Å². The molecule has 0 aliphatic carbocycles. The molecule has 0 radical (unpaired) electrons. The van der Waals surface area contributed by atoms with E-state index in [1.165, 1.54) is 5.56 Å². The highest BCUT2D eigenvalue weighted by Crippen LogP contribution is 2.38. The fourth-order valence-corrected chi connectivity index (χ4v) is 5.19. The average molecular weight is 561 g/mol. The van der Waals surface area contributed by atoms with Gasteiger partial charge in [-0.25, -0.2) is 9.48 Å². The van der Waals surface area contributed by atoms with E-state index < -0.39 is 6.04 Å². The molecule has 39 heavy (non-hydrogen) atoms. The zero-order chi connectivity index (χ0) is 27.2. The van der Waals surface area contributed by atoms with Crippen LogP contribution >= 0.6 is 23.4 Å². The Balaban J connectivity index is 1.45. The Morgan fingerprint density at radius 3 is 2.62 bits per heavy atom. The number of ether oxygens (including phenoxy) is 2. The highest BCUT2D eigenvalue weighted by molar-refractivity contribution is 7.98. The number of fused-ring (bicyclic) bond motifs is 1. The molecule has 0 spiro atoms. The van der Waals surface area contributed by atoms with E-state index >= 15 is 0 Å². The third kappa shape index (κ3) is 6.46. The summed E-state index contributed by atoms with van der Waals surface area (Å²) in [6.07, 6.45) is 0.735. The Hall–Kier alpha value is -3.75. The van der Waals surface area contributed by atoms with Crippen LogP contribution in [0.25, 0.3) is 0 Å². The van der Waals surface area contributed by atoms with Crippen LogP contribution < -0.4 is 10.1 Å². The van der Waals surface area contributed by atoms with Crippen LogP contribution in [0.4, 0.5) is 5.95 Å². The number of rotatable bonds is 10. The van der Waals surface area contributed by atoms with Crippen LogP contribution in [0.5, 0.6) is 5.75 Å². The second-order valence-corrected chi connectivity index (χ2v) is 10.5. The van der Waals surface area contributed by atoms with Gasteiger partial charge in [-0.2, -0.15) is 4.98 Å². The van der Waals surface area contributed by atoms with Gasteiger partial charge < -0.3 is 14.8 Å². The van der Waals surface area contributed by atoms with Gasteiger partial charge in [0.25, 0.3) is 0 Å². The molecular weight excluding hydrogens is 532 g/mol. The quantitative estimate of drug-likeness (QED) is 0.164. The molecule has 7 nitrogen and oxygen atoms in total. The lowest BCUT2D eigenvalue weighted by molar-refractivity contribution is -0.139. The first-order valence-electron chi connectivity index (χ1n) is 12.8. The smallest absolute Gasteiger partial charge is 0.338 e. The Kier molecular flexibility index (Phi) is 8.54. The van der Waals surface area contributed by atoms with Gasteiger partial charge in [0, 0.05) is 16.5 Å². The fraction of sp³-hybridized carbons (Fsp3) is 0.233. The van der Waals surface area contributed by atoms with Gasteiger partial charge in [0.2, 0.25) is 11.1 Å². The maximum atomic E-state index is 13.3. The van der Waals surface area contributed by atoms with Crippen molar-refractivity contribution in [3.8, 4) is 5.75 Å². The van der Waals surface area contributed by atoms with Crippen molar-refractivity contribution in [3.05, 3.63) is 112 Å². The molecule has 0 saturated carbocycles. The third-order valence-electron chi connectivity index (χ3n) is 6.19. The lowest BCUT2D eigenvalue weighted by atomic mass is 9.95. The van der Waals surface area contributed by atoms with Gasteiger partial charge in [-0.3, -0.25) is 0 Å². The first-order valence-corrected chi connectivity index (χ1v) is 14.1. The lowest BCUT2D eigenvalue weighted by Crippen LogP contribution is -2.29. The van der Waals surface area contributed by atoms with E-state index in [0.717, 1.165) is 23.3 Å². The molecule has 1 N–H and O–H groups in total. The molecule has 1 aliphatic rings. The molecule has 9 heteroatoms. The molecule has 0 bridgehead atoms. The molecule has 0 amide bonds. The summed E-state index contributed by atoms with van der Waals surface area (Å²) in [5.41, 5.74) is 4.22. The second-order valence-electron chi connectivity index (χ2n) is 9.13. The number of nitrogens with zero attached hydrogens (tertiary/aromatic N) is 3. The highest BCUT2D eigenvalue weighted by atomic mass is 35.5. The van der Waals surface area contributed by atoms with Gasteiger partial charge in [-0.1, -0.05) is 84.9 Å². The van der Waals surface area contributed by atoms with E-state index in [-0.39, 0.29) is 5.97 Å². The SMILES string of the molecule is CCCOC(=O)C1=C(C)Nc2nc(SCc3ccccc3)nn2C1c1cccc(OCc2ccc(Cl)cc2)c1. The number of carbonyl (C=O) groups excluding carboxylic acids is 1. The minimum atomic E-state index is -0.525. The number of nitrogens with one attached hydrogen (secondary N) is 1. The first kappa shape index (κ1) is 26.8. The Morgan fingerprint density at radius 2 is 1.85 bits per heavy atom. The molecule has 3 aromatic carbocycles. The summed E-state index contributed by atoms with van der Waals surface area (Å²) in [4.78, 5) is 18.0. The van der Waals surface area contributed by atoms with E-state index in [9.17, 15) is 4.79 Å². The number of hydrogen-bond acceptors (Lipinski definition) is 7. The Bertz CT molecular complexity index is 1470. The number of benzene rings is 3. The number of esters is 1. The van der Waals surface area contributed by atoms with Crippen LogP contribution in [0.1, 0.15) is 43.0 Å². The molecule has 0 saturated heterocycles. The molecule has 0 fully saturated rings. The Morgan fingerprint density at radius 1 is 1.05 bits per heavy atom. The van der Waals surface area contributed by atoms with E-state index in [2.05, 4.69) is 17.4 Å². The van der Waals surface area contributed by atoms with Crippen molar-refractivity contribution in [2.75, 3.05) is 11.9 Å². The van der Waals surface area contributed by atoms with Gasteiger partial charge in [0.15, 0.2) is 0 Å². The molecule has 200 valence electrons. The van der Waals surface area contributed by atoms with E-state index in [1.807, 2.05) is 80.6 Å². The minimum Gasteiger partial charge on any atom is -0.489 e. The van der Waals surface area contributed by atoms with Gasteiger partial charge in [0.05, 0.1) is 12.2 Å². The molecule has 2 heterocycles. The number of hydrogen-bond donors (Lipinski definition) is 1. The van der Waals surface area contributed by atoms with Gasteiger partial charge >= 0.3 is 5.97 Å². The van der Waals surface area contributed by atoms with E-state index in [0.29, 0.717) is 46.4 Å². The average Bonchev–Trinajstić information content (AvgIpc) is 3.36. The van der Waals surface area contributed by atoms with Crippen LogP contribution in [0.2, 0.25) is 5.02 Å². The largest absolute Gasteiger partial charge is 0.489 e. The normalized spacial score (nSPS) is 14.5. The topological polar surface area (TPSA) is 78.3 Å². The van der Waals surface area contributed by atoms with Crippen molar-refractivity contribution in [2.24, 2.45) is 0 Å². The third-order valence-corrected chi connectivity index (χ3v) is 7.35. The van der Waals surface area contributed by atoms with Crippen LogP contribution in [-0.2, 0) is 21.9 Å². The van der Waals surface area contributed by atoms with Crippen molar-refractivity contribution in [1.82, 2.24) is 14.8 Å². The maximum absolute atomic E-state index is 13.3. The first-order chi connectivity index (χ1) is 19.0. The molecule has 1 aliphatic heterocycles. The highest BCUT2D eigenvalue weighted by Gasteiger charge is 2.35. The van der Waals surface area contributed by atoms with Gasteiger partial charge in [-0.05, 0) is 54.3 Å². The molecule has 1 atom stereocenters. The summed E-state index contributed by atoms with van der Waals surface area (Å²) >= 11 is 7.56. The summed E-state index contributed by atoms with van der Waals surface area (Å²) < 4.78 is 13.4. The number of thioether (sulfide) groups is 1. The van der Waals surface area contributed by atoms with E-state index in [4.69, 9.17) is 31.2 Å². The lowest BCUT2D eigenvalue weighted by Gasteiger charge is -2.28. The number of halogens is 1. The molecule has 4 aromatic rings. The monoisotopic (exact) mass is 560 g/mol. The number of anilines is 1. The van der Waals surface area contributed by atoms with Crippen LogP contribution in [-0.4, -0.2) is 27.3 Å². The number of allylic oxidation sites excluding steroid dienone is 1. The maximum Gasteiger partial charge on any atom is 0.338 e. The van der Waals surface area contributed by atoms with Crippen molar-refractivity contribution < 1.29 is 14.3 Å². The summed E-state index contributed by atoms with van der Waals surface area (Å²) in [7, 11) is 0.